The SMILES string of the molecule is CC(C)CC(NS(=O)(=O)N1CCC1)C(=O)O. The van der Waals surface area contributed by atoms with Gasteiger partial charge in [-0.25, -0.2) is 0 Å². The fourth-order valence-corrected chi connectivity index (χ4v) is 2.90. The average molecular weight is 250 g/mol. The predicted molar refractivity (Wildman–Crippen MR) is 59.1 cm³/mol. The van der Waals surface area contributed by atoms with Gasteiger partial charge in [0.2, 0.25) is 0 Å². The van der Waals surface area contributed by atoms with Crippen molar-refractivity contribution in [3.05, 3.63) is 0 Å². The Kier molecular flexibility index (Phi) is 4.28. The van der Waals surface area contributed by atoms with E-state index in [0.717, 1.165) is 6.42 Å². The van der Waals surface area contributed by atoms with E-state index in [-0.39, 0.29) is 5.92 Å². The molecule has 0 radical (unpaired) electrons. The molecule has 0 aliphatic carbocycles. The van der Waals surface area contributed by atoms with E-state index in [1.807, 2.05) is 13.8 Å². The molecular weight excluding hydrogens is 232 g/mol. The van der Waals surface area contributed by atoms with Gasteiger partial charge in [-0.3, -0.25) is 4.79 Å². The summed E-state index contributed by atoms with van der Waals surface area (Å²) in [5.41, 5.74) is 0. The molecule has 1 atom stereocenters. The van der Waals surface area contributed by atoms with E-state index in [2.05, 4.69) is 4.72 Å². The molecule has 1 fully saturated rings. The molecule has 1 saturated heterocycles. The maximum Gasteiger partial charge on any atom is 0.321 e. The molecule has 16 heavy (non-hydrogen) atoms. The minimum Gasteiger partial charge on any atom is -0.480 e. The van der Waals surface area contributed by atoms with Gasteiger partial charge >= 0.3 is 5.97 Å². The van der Waals surface area contributed by atoms with Gasteiger partial charge in [-0.2, -0.15) is 17.4 Å². The van der Waals surface area contributed by atoms with Crippen LogP contribution in [-0.2, 0) is 15.0 Å². The lowest BCUT2D eigenvalue weighted by molar-refractivity contribution is -0.139. The monoisotopic (exact) mass is 250 g/mol. The highest BCUT2D eigenvalue weighted by Crippen LogP contribution is 2.13. The van der Waals surface area contributed by atoms with E-state index in [1.54, 1.807) is 0 Å². The van der Waals surface area contributed by atoms with Crippen molar-refractivity contribution in [1.29, 1.82) is 0 Å². The van der Waals surface area contributed by atoms with Crippen molar-refractivity contribution >= 4 is 16.2 Å². The van der Waals surface area contributed by atoms with Crippen LogP contribution in [0.5, 0.6) is 0 Å². The molecular formula is C9H18N2O4S. The molecule has 7 heteroatoms. The Bertz CT molecular complexity index is 349. The fraction of sp³-hybridized carbons (Fsp3) is 0.889. The van der Waals surface area contributed by atoms with Gasteiger partial charge < -0.3 is 5.11 Å². The highest BCUT2D eigenvalue weighted by molar-refractivity contribution is 7.87. The number of carboxylic acids is 1. The number of hydrogen-bond acceptors (Lipinski definition) is 3. The summed E-state index contributed by atoms with van der Waals surface area (Å²) in [6.45, 7) is 4.66. The first-order valence-electron chi connectivity index (χ1n) is 5.33. The Labute approximate surface area is 95.8 Å². The summed E-state index contributed by atoms with van der Waals surface area (Å²) < 4.78 is 26.8. The number of nitrogens with one attached hydrogen (secondary N) is 1. The minimum absolute atomic E-state index is 0.125. The van der Waals surface area contributed by atoms with E-state index in [0.29, 0.717) is 19.5 Å². The standard InChI is InChI=1S/C9H18N2O4S/c1-7(2)6-8(9(12)13)10-16(14,15)11-4-3-5-11/h7-8,10H,3-6H2,1-2H3,(H,12,13). The van der Waals surface area contributed by atoms with E-state index in [9.17, 15) is 13.2 Å². The molecule has 2 N–H and O–H groups in total. The van der Waals surface area contributed by atoms with Crippen LogP contribution >= 0.6 is 0 Å². The van der Waals surface area contributed by atoms with Crippen molar-refractivity contribution in [3.63, 3.8) is 0 Å². The molecule has 1 heterocycles. The molecule has 1 aliphatic heterocycles. The van der Waals surface area contributed by atoms with Crippen molar-refractivity contribution in [2.75, 3.05) is 13.1 Å². The van der Waals surface area contributed by atoms with Gasteiger partial charge in [0.15, 0.2) is 0 Å². The second-order valence-electron chi connectivity index (χ2n) is 4.40. The minimum atomic E-state index is -3.61. The topological polar surface area (TPSA) is 86.7 Å². The van der Waals surface area contributed by atoms with Crippen LogP contribution in [0.2, 0.25) is 0 Å². The van der Waals surface area contributed by atoms with Crippen LogP contribution in [0, 0.1) is 5.92 Å². The van der Waals surface area contributed by atoms with Crippen LogP contribution in [0.1, 0.15) is 26.7 Å². The average Bonchev–Trinajstić information content (AvgIpc) is 1.96. The van der Waals surface area contributed by atoms with Gasteiger partial charge in [-0.15, -0.1) is 0 Å². The molecule has 0 aromatic carbocycles. The van der Waals surface area contributed by atoms with Crippen molar-refractivity contribution < 1.29 is 18.3 Å². The molecule has 0 amide bonds. The van der Waals surface area contributed by atoms with Crippen LogP contribution in [0.15, 0.2) is 0 Å². The van der Waals surface area contributed by atoms with Crippen molar-refractivity contribution in [1.82, 2.24) is 9.03 Å². The first-order valence-corrected chi connectivity index (χ1v) is 6.77. The summed E-state index contributed by atoms with van der Waals surface area (Å²) in [7, 11) is -3.61. The Hall–Kier alpha value is -0.660. The normalized spacial score (nSPS) is 19.4. The summed E-state index contributed by atoms with van der Waals surface area (Å²) in [6.07, 6.45) is 1.13. The Morgan fingerprint density at radius 2 is 2.00 bits per heavy atom. The second-order valence-corrected chi connectivity index (χ2v) is 6.10. The first kappa shape index (κ1) is 13.4. The summed E-state index contributed by atoms with van der Waals surface area (Å²) >= 11 is 0. The zero-order valence-corrected chi connectivity index (χ0v) is 10.3. The Balaban J connectivity index is 2.63. The van der Waals surface area contributed by atoms with Crippen LogP contribution < -0.4 is 4.72 Å². The summed E-state index contributed by atoms with van der Waals surface area (Å²) in [6, 6.07) is -1.04. The highest BCUT2D eigenvalue weighted by atomic mass is 32.2. The third kappa shape index (κ3) is 3.43. The van der Waals surface area contributed by atoms with Crippen LogP contribution in [0.4, 0.5) is 0 Å². The third-order valence-electron chi connectivity index (χ3n) is 2.45. The molecule has 94 valence electrons. The van der Waals surface area contributed by atoms with Crippen LogP contribution in [-0.4, -0.2) is 42.9 Å². The lowest BCUT2D eigenvalue weighted by Gasteiger charge is -2.31. The highest BCUT2D eigenvalue weighted by Gasteiger charge is 2.32. The summed E-state index contributed by atoms with van der Waals surface area (Å²) in [5, 5.41) is 8.91. The smallest absolute Gasteiger partial charge is 0.321 e. The van der Waals surface area contributed by atoms with E-state index in [4.69, 9.17) is 5.11 Å². The number of aliphatic carboxylic acids is 1. The quantitative estimate of drug-likeness (QED) is 0.696. The molecule has 1 rings (SSSR count). The molecule has 0 aromatic rings. The molecule has 6 nitrogen and oxygen atoms in total. The zero-order valence-electron chi connectivity index (χ0n) is 9.51. The summed E-state index contributed by atoms with van der Waals surface area (Å²) in [4.78, 5) is 10.9. The maximum absolute atomic E-state index is 11.7. The van der Waals surface area contributed by atoms with E-state index in [1.165, 1.54) is 4.31 Å². The number of nitrogens with zero attached hydrogens (tertiary/aromatic N) is 1. The largest absolute Gasteiger partial charge is 0.480 e. The first-order chi connectivity index (χ1) is 7.33. The van der Waals surface area contributed by atoms with Crippen LogP contribution in [0.3, 0.4) is 0 Å². The molecule has 0 bridgehead atoms. The number of hydrogen-bond donors (Lipinski definition) is 2. The molecule has 0 spiro atoms. The van der Waals surface area contributed by atoms with Gasteiger partial charge in [0.05, 0.1) is 0 Å². The number of carbonyl (C=O) groups is 1. The fourth-order valence-electron chi connectivity index (χ4n) is 1.45. The van der Waals surface area contributed by atoms with Crippen molar-refractivity contribution in [2.45, 2.75) is 32.7 Å². The second kappa shape index (κ2) is 5.11. The lowest BCUT2D eigenvalue weighted by Crippen LogP contribution is -2.53. The van der Waals surface area contributed by atoms with Gasteiger partial charge in [-0.1, -0.05) is 13.8 Å². The number of rotatable bonds is 6. The molecule has 1 unspecified atom stereocenters. The number of carboxylic acid groups (broad SMARTS) is 1. The third-order valence-corrected chi connectivity index (χ3v) is 4.08. The zero-order chi connectivity index (χ0) is 12.3. The maximum atomic E-state index is 11.7. The lowest BCUT2D eigenvalue weighted by atomic mass is 10.1. The molecule has 0 saturated carbocycles. The van der Waals surface area contributed by atoms with Gasteiger partial charge in [0.25, 0.3) is 10.2 Å². The van der Waals surface area contributed by atoms with Gasteiger partial charge in [-0.05, 0) is 18.8 Å². The Morgan fingerprint density at radius 3 is 2.31 bits per heavy atom. The van der Waals surface area contributed by atoms with Gasteiger partial charge in [0.1, 0.15) is 6.04 Å². The molecule has 1 aliphatic rings. The van der Waals surface area contributed by atoms with Crippen molar-refractivity contribution in [2.24, 2.45) is 5.92 Å². The van der Waals surface area contributed by atoms with Crippen molar-refractivity contribution in [3.8, 4) is 0 Å². The molecule has 0 aromatic heterocycles. The van der Waals surface area contributed by atoms with E-state index >= 15 is 0 Å². The van der Waals surface area contributed by atoms with E-state index < -0.39 is 22.2 Å². The Morgan fingerprint density at radius 1 is 1.44 bits per heavy atom. The summed E-state index contributed by atoms with van der Waals surface area (Å²) in [5.74, 6) is -1.00. The predicted octanol–water partition coefficient (Wildman–Crippen LogP) is 0.0258. The van der Waals surface area contributed by atoms with Crippen LogP contribution in [0.25, 0.3) is 0 Å². The van der Waals surface area contributed by atoms with Gasteiger partial charge in [0, 0.05) is 13.1 Å².